The van der Waals surface area contributed by atoms with Gasteiger partial charge in [0, 0.05) is 32.7 Å². The second-order valence-electron chi connectivity index (χ2n) is 5.91. The highest BCUT2D eigenvalue weighted by Crippen LogP contribution is 2.29. The van der Waals surface area contributed by atoms with E-state index in [2.05, 4.69) is 27.4 Å². The molecule has 0 aliphatic heterocycles. The third-order valence-corrected chi connectivity index (χ3v) is 4.13. The molecule has 1 aromatic carbocycles. The number of rotatable bonds is 7. The zero-order valence-electron chi connectivity index (χ0n) is 14.2. The van der Waals surface area contributed by atoms with Gasteiger partial charge in [-0.2, -0.15) is 13.2 Å². The minimum Gasteiger partial charge on any atom is -0.355 e. The molecule has 134 valence electrons. The molecule has 0 radical (unpaired) electrons. The lowest BCUT2D eigenvalue weighted by molar-refractivity contribution is -0.137. The van der Waals surface area contributed by atoms with Crippen molar-refractivity contribution in [3.05, 3.63) is 35.4 Å². The van der Waals surface area contributed by atoms with Crippen molar-refractivity contribution in [2.45, 2.75) is 38.5 Å². The van der Waals surface area contributed by atoms with Crippen molar-refractivity contribution in [1.82, 2.24) is 15.5 Å². The fourth-order valence-corrected chi connectivity index (χ4v) is 2.57. The predicted molar refractivity (Wildman–Crippen MR) is 89.9 cm³/mol. The number of alkyl halides is 3. The standard InChI is InChI=1S/C17H25F3N4/c1-3-24(15-8-9-15)11-10-22-16(21-2)23-12-13-4-6-14(7-5-13)17(18,19)20/h4-7,15H,3,8-12H2,1-2H3,(H2,21,22,23). The first-order chi connectivity index (χ1) is 11.4. The maximum absolute atomic E-state index is 12.5. The van der Waals surface area contributed by atoms with E-state index in [0.29, 0.717) is 12.5 Å². The van der Waals surface area contributed by atoms with Crippen molar-refractivity contribution in [2.24, 2.45) is 4.99 Å². The smallest absolute Gasteiger partial charge is 0.355 e. The van der Waals surface area contributed by atoms with Crippen molar-refractivity contribution >= 4 is 5.96 Å². The topological polar surface area (TPSA) is 39.7 Å². The van der Waals surface area contributed by atoms with Crippen molar-refractivity contribution < 1.29 is 13.2 Å². The second kappa shape index (κ2) is 8.37. The lowest BCUT2D eigenvalue weighted by Crippen LogP contribution is -2.41. The Morgan fingerprint density at radius 3 is 2.38 bits per heavy atom. The molecule has 7 heteroatoms. The summed E-state index contributed by atoms with van der Waals surface area (Å²) in [6, 6.07) is 5.90. The highest BCUT2D eigenvalue weighted by atomic mass is 19.4. The van der Waals surface area contributed by atoms with Crippen LogP contribution in [-0.2, 0) is 12.7 Å². The highest BCUT2D eigenvalue weighted by molar-refractivity contribution is 5.79. The number of hydrogen-bond donors (Lipinski definition) is 2. The third kappa shape index (κ3) is 5.70. The van der Waals surface area contributed by atoms with E-state index in [9.17, 15) is 13.2 Å². The molecule has 24 heavy (non-hydrogen) atoms. The molecule has 0 unspecified atom stereocenters. The first kappa shape index (κ1) is 18.6. The molecule has 4 nitrogen and oxygen atoms in total. The molecule has 0 saturated heterocycles. The first-order valence-corrected chi connectivity index (χ1v) is 8.28. The molecule has 1 aliphatic rings. The molecule has 0 bridgehead atoms. The molecule has 0 atom stereocenters. The maximum Gasteiger partial charge on any atom is 0.416 e. The van der Waals surface area contributed by atoms with Crippen LogP contribution >= 0.6 is 0 Å². The van der Waals surface area contributed by atoms with Crippen molar-refractivity contribution in [3.8, 4) is 0 Å². The van der Waals surface area contributed by atoms with Gasteiger partial charge in [0.25, 0.3) is 0 Å². The normalized spacial score (nSPS) is 15.7. The summed E-state index contributed by atoms with van der Waals surface area (Å²) < 4.78 is 37.6. The van der Waals surface area contributed by atoms with Crippen LogP contribution in [0.15, 0.2) is 29.3 Å². The van der Waals surface area contributed by atoms with Crippen molar-refractivity contribution in [2.75, 3.05) is 26.7 Å². The van der Waals surface area contributed by atoms with E-state index in [0.717, 1.165) is 43.4 Å². The van der Waals surface area contributed by atoms with Gasteiger partial charge in [0.1, 0.15) is 0 Å². The summed E-state index contributed by atoms with van der Waals surface area (Å²) in [5.74, 6) is 0.654. The van der Waals surface area contributed by atoms with Crippen LogP contribution in [0.25, 0.3) is 0 Å². The average molecular weight is 342 g/mol. The number of benzene rings is 1. The lowest BCUT2D eigenvalue weighted by atomic mass is 10.1. The van der Waals surface area contributed by atoms with Crippen LogP contribution in [0.1, 0.15) is 30.9 Å². The van der Waals surface area contributed by atoms with Crippen molar-refractivity contribution in [1.29, 1.82) is 0 Å². The van der Waals surface area contributed by atoms with E-state index in [1.807, 2.05) is 0 Å². The van der Waals surface area contributed by atoms with Gasteiger partial charge in [-0.25, -0.2) is 0 Å². The van der Waals surface area contributed by atoms with Crippen LogP contribution in [0.4, 0.5) is 13.2 Å². The monoisotopic (exact) mass is 342 g/mol. The number of likely N-dealkylation sites (N-methyl/N-ethyl adjacent to an activating group) is 1. The Labute approximate surface area is 141 Å². The van der Waals surface area contributed by atoms with Gasteiger partial charge in [-0.3, -0.25) is 9.89 Å². The van der Waals surface area contributed by atoms with Gasteiger partial charge in [0.2, 0.25) is 0 Å². The molecule has 2 rings (SSSR count). The average Bonchev–Trinajstić information content (AvgIpc) is 3.39. The zero-order valence-corrected chi connectivity index (χ0v) is 14.2. The summed E-state index contributed by atoms with van der Waals surface area (Å²) in [6.45, 7) is 5.39. The third-order valence-electron chi connectivity index (χ3n) is 4.13. The van der Waals surface area contributed by atoms with E-state index >= 15 is 0 Å². The van der Waals surface area contributed by atoms with Crippen LogP contribution < -0.4 is 10.6 Å². The van der Waals surface area contributed by atoms with Crippen molar-refractivity contribution in [3.63, 3.8) is 0 Å². The fraction of sp³-hybridized carbons (Fsp3) is 0.588. The Balaban J connectivity index is 1.74. The van der Waals surface area contributed by atoms with Crippen LogP contribution in [0.5, 0.6) is 0 Å². The Bertz CT molecular complexity index is 536. The van der Waals surface area contributed by atoms with Crippen LogP contribution in [0, 0.1) is 0 Å². The molecule has 1 aromatic rings. The second-order valence-corrected chi connectivity index (χ2v) is 5.91. The first-order valence-electron chi connectivity index (χ1n) is 8.28. The Hall–Kier alpha value is -1.76. The van der Waals surface area contributed by atoms with Gasteiger partial charge in [-0.05, 0) is 37.1 Å². The summed E-state index contributed by atoms with van der Waals surface area (Å²) in [7, 11) is 1.68. The molecule has 1 fully saturated rings. The number of guanidine groups is 1. The molecule has 0 heterocycles. The predicted octanol–water partition coefficient (Wildman–Crippen LogP) is 2.85. The van der Waals surface area contributed by atoms with Gasteiger partial charge in [-0.1, -0.05) is 19.1 Å². The van der Waals surface area contributed by atoms with E-state index < -0.39 is 11.7 Å². The molecule has 0 aromatic heterocycles. The summed E-state index contributed by atoms with van der Waals surface area (Å²) in [5.41, 5.74) is 0.146. The van der Waals surface area contributed by atoms with Crippen LogP contribution in [0.3, 0.4) is 0 Å². The summed E-state index contributed by atoms with van der Waals surface area (Å²) in [5, 5.41) is 6.36. The molecular weight excluding hydrogens is 317 g/mol. The maximum atomic E-state index is 12.5. The SMILES string of the molecule is CCN(CCNC(=NC)NCc1ccc(C(F)(F)F)cc1)C1CC1. The Morgan fingerprint density at radius 2 is 1.88 bits per heavy atom. The van der Waals surface area contributed by atoms with E-state index in [1.165, 1.54) is 25.0 Å². The number of nitrogens with zero attached hydrogens (tertiary/aromatic N) is 2. The highest BCUT2D eigenvalue weighted by Gasteiger charge is 2.30. The minimum absolute atomic E-state index is 0.428. The summed E-state index contributed by atoms with van der Waals surface area (Å²) >= 11 is 0. The Morgan fingerprint density at radius 1 is 1.21 bits per heavy atom. The van der Waals surface area contributed by atoms with Gasteiger partial charge < -0.3 is 10.6 Å². The molecule has 1 saturated carbocycles. The van der Waals surface area contributed by atoms with Gasteiger partial charge >= 0.3 is 6.18 Å². The quantitative estimate of drug-likeness (QED) is 0.591. The van der Waals surface area contributed by atoms with Gasteiger partial charge in [-0.15, -0.1) is 0 Å². The van der Waals surface area contributed by atoms with Gasteiger partial charge in [0.15, 0.2) is 5.96 Å². The summed E-state index contributed by atoms with van der Waals surface area (Å²) in [4.78, 5) is 6.58. The molecule has 2 N–H and O–H groups in total. The number of halogens is 3. The Kier molecular flexibility index (Phi) is 6.48. The number of aliphatic imine (C=N–C) groups is 1. The molecule has 0 amide bonds. The van der Waals surface area contributed by atoms with E-state index in [4.69, 9.17) is 0 Å². The number of hydrogen-bond acceptors (Lipinski definition) is 2. The van der Waals surface area contributed by atoms with Crippen LogP contribution in [-0.4, -0.2) is 43.6 Å². The van der Waals surface area contributed by atoms with E-state index in [1.54, 1.807) is 7.05 Å². The largest absolute Gasteiger partial charge is 0.416 e. The fourth-order valence-electron chi connectivity index (χ4n) is 2.57. The summed E-state index contributed by atoms with van der Waals surface area (Å²) in [6.07, 6.45) is -1.72. The number of nitrogens with one attached hydrogen (secondary N) is 2. The molecular formula is C17H25F3N4. The van der Waals surface area contributed by atoms with Gasteiger partial charge in [0.05, 0.1) is 5.56 Å². The molecule has 0 spiro atoms. The zero-order chi connectivity index (χ0) is 17.6. The minimum atomic E-state index is -4.30. The van der Waals surface area contributed by atoms with Crippen LogP contribution in [0.2, 0.25) is 0 Å². The molecule has 1 aliphatic carbocycles. The lowest BCUT2D eigenvalue weighted by Gasteiger charge is -2.20. The van der Waals surface area contributed by atoms with E-state index in [-0.39, 0.29) is 0 Å².